The molecule has 3 rings (SSSR count). The number of rotatable bonds is 3. The number of amides is 1. The molecule has 1 aromatic rings. The summed E-state index contributed by atoms with van der Waals surface area (Å²) in [5.41, 5.74) is 5.30. The number of carboxylic acid groups (broad SMARTS) is 1. The van der Waals surface area contributed by atoms with Crippen molar-refractivity contribution in [2.45, 2.75) is 40.5 Å². The smallest absolute Gasteiger partial charge is 0.307 e. The number of carbonyl (C=O) groups is 2. The Labute approximate surface area is 143 Å². The van der Waals surface area contributed by atoms with Gasteiger partial charge < -0.3 is 10.4 Å². The predicted octanol–water partition coefficient (Wildman–Crippen LogP) is 3.94. The Kier molecular flexibility index (Phi) is 4.24. The maximum atomic E-state index is 12.9. The summed E-state index contributed by atoms with van der Waals surface area (Å²) in [5, 5.41) is 12.7. The van der Waals surface area contributed by atoms with Crippen molar-refractivity contribution in [3.8, 4) is 0 Å². The molecule has 0 radical (unpaired) electrons. The number of carbonyl (C=O) groups excluding carboxylic acids is 1. The van der Waals surface area contributed by atoms with E-state index in [0.29, 0.717) is 0 Å². The summed E-state index contributed by atoms with van der Waals surface area (Å²) in [6.07, 6.45) is 1.80. The van der Waals surface area contributed by atoms with Gasteiger partial charge in [0.05, 0.1) is 11.8 Å². The Morgan fingerprint density at radius 2 is 1.54 bits per heavy atom. The van der Waals surface area contributed by atoms with E-state index in [0.717, 1.165) is 29.7 Å². The highest BCUT2D eigenvalue weighted by molar-refractivity contribution is 5.96. The van der Waals surface area contributed by atoms with Gasteiger partial charge in [-0.05, 0) is 75.6 Å². The summed E-state index contributed by atoms with van der Waals surface area (Å²) in [6.45, 7) is 8.04. The molecule has 0 spiro atoms. The normalized spacial score (nSPS) is 28.1. The molecule has 4 heteroatoms. The first-order valence-electron chi connectivity index (χ1n) is 8.59. The third kappa shape index (κ3) is 2.74. The molecule has 2 N–H and O–H groups in total. The Bertz CT molecular complexity index is 710. The molecule has 2 saturated carbocycles. The molecule has 2 fully saturated rings. The molecule has 0 aromatic heterocycles. The van der Waals surface area contributed by atoms with E-state index in [-0.39, 0.29) is 17.7 Å². The van der Waals surface area contributed by atoms with Gasteiger partial charge in [0.1, 0.15) is 0 Å². The topological polar surface area (TPSA) is 66.4 Å². The number of aryl methyl sites for hydroxylation is 2. The minimum atomic E-state index is -0.846. The lowest BCUT2D eigenvalue weighted by Crippen LogP contribution is -2.37. The highest BCUT2D eigenvalue weighted by atomic mass is 16.4. The minimum Gasteiger partial charge on any atom is -0.481 e. The van der Waals surface area contributed by atoms with Crippen molar-refractivity contribution < 1.29 is 14.7 Å². The van der Waals surface area contributed by atoms with Gasteiger partial charge in [-0.25, -0.2) is 0 Å². The van der Waals surface area contributed by atoms with Crippen LogP contribution >= 0.6 is 0 Å². The van der Waals surface area contributed by atoms with Gasteiger partial charge in [0, 0.05) is 5.69 Å². The summed E-state index contributed by atoms with van der Waals surface area (Å²) in [4.78, 5) is 24.7. The van der Waals surface area contributed by atoms with Gasteiger partial charge in [-0.3, -0.25) is 9.59 Å². The van der Waals surface area contributed by atoms with Gasteiger partial charge in [-0.2, -0.15) is 0 Å². The van der Waals surface area contributed by atoms with Crippen LogP contribution in [-0.4, -0.2) is 17.0 Å². The van der Waals surface area contributed by atoms with E-state index in [1.165, 1.54) is 11.1 Å². The van der Waals surface area contributed by atoms with Crippen LogP contribution in [0.5, 0.6) is 0 Å². The van der Waals surface area contributed by atoms with Gasteiger partial charge in [0.2, 0.25) is 5.91 Å². The first kappa shape index (κ1) is 16.7. The average Bonchev–Trinajstić information content (AvgIpc) is 3.01. The van der Waals surface area contributed by atoms with Crippen LogP contribution in [0, 0.1) is 37.5 Å². The molecule has 1 amide bonds. The molecule has 0 saturated heterocycles. The first-order chi connectivity index (χ1) is 11.3. The van der Waals surface area contributed by atoms with Crippen molar-refractivity contribution in [3.05, 3.63) is 40.5 Å². The number of nitrogens with one attached hydrogen (secondary N) is 1. The van der Waals surface area contributed by atoms with Crippen LogP contribution in [0.2, 0.25) is 0 Å². The van der Waals surface area contributed by atoms with E-state index < -0.39 is 17.8 Å². The lowest BCUT2D eigenvalue weighted by atomic mass is 9.78. The van der Waals surface area contributed by atoms with Crippen LogP contribution in [0.15, 0.2) is 29.3 Å². The van der Waals surface area contributed by atoms with E-state index in [4.69, 9.17) is 0 Å². The fourth-order valence-electron chi connectivity index (χ4n) is 4.88. The van der Waals surface area contributed by atoms with Crippen molar-refractivity contribution >= 4 is 17.6 Å². The quantitative estimate of drug-likeness (QED) is 0.827. The minimum absolute atomic E-state index is 0.0208. The van der Waals surface area contributed by atoms with E-state index in [2.05, 4.69) is 11.4 Å². The molecule has 2 bridgehead atoms. The van der Waals surface area contributed by atoms with Gasteiger partial charge in [-0.1, -0.05) is 17.2 Å². The van der Waals surface area contributed by atoms with Crippen molar-refractivity contribution in [3.63, 3.8) is 0 Å². The molecular formula is C20H25NO3. The number of hydrogen-bond acceptors (Lipinski definition) is 2. The Balaban J connectivity index is 1.91. The number of anilines is 1. The highest BCUT2D eigenvalue weighted by Gasteiger charge is 2.57. The van der Waals surface area contributed by atoms with Crippen LogP contribution < -0.4 is 5.32 Å². The van der Waals surface area contributed by atoms with Gasteiger partial charge in [-0.15, -0.1) is 0 Å². The molecule has 2 aliphatic carbocycles. The Morgan fingerprint density at radius 1 is 1.00 bits per heavy atom. The maximum Gasteiger partial charge on any atom is 0.307 e. The number of hydrogen-bond donors (Lipinski definition) is 2. The fourth-order valence-corrected chi connectivity index (χ4v) is 4.88. The third-order valence-corrected chi connectivity index (χ3v) is 5.50. The maximum absolute atomic E-state index is 12.9. The van der Waals surface area contributed by atoms with E-state index >= 15 is 0 Å². The van der Waals surface area contributed by atoms with Crippen LogP contribution in [-0.2, 0) is 9.59 Å². The number of carboxylic acids is 1. The SMILES string of the molecule is CC(C)=C1[C@H]2CC[C@H]1[C@@H](C(=O)O)[C@H]2C(=O)Nc1cc(C)cc(C)c1. The lowest BCUT2D eigenvalue weighted by molar-refractivity contribution is -0.148. The highest BCUT2D eigenvalue weighted by Crippen LogP contribution is 2.57. The molecule has 24 heavy (non-hydrogen) atoms. The van der Waals surface area contributed by atoms with Crippen molar-refractivity contribution in [1.29, 1.82) is 0 Å². The van der Waals surface area contributed by atoms with E-state index in [1.807, 2.05) is 39.8 Å². The molecule has 0 heterocycles. The van der Waals surface area contributed by atoms with Crippen LogP contribution in [0.1, 0.15) is 37.8 Å². The van der Waals surface area contributed by atoms with Crippen molar-refractivity contribution in [2.75, 3.05) is 5.32 Å². The average molecular weight is 327 g/mol. The summed E-state index contributed by atoms with van der Waals surface area (Å²) in [5.74, 6) is -1.97. The van der Waals surface area contributed by atoms with Gasteiger partial charge in [0.25, 0.3) is 0 Å². The third-order valence-electron chi connectivity index (χ3n) is 5.50. The molecular weight excluding hydrogens is 302 g/mol. The molecule has 128 valence electrons. The molecule has 4 nitrogen and oxygen atoms in total. The first-order valence-corrected chi connectivity index (χ1v) is 8.59. The molecule has 1 aromatic carbocycles. The second-order valence-corrected chi connectivity index (χ2v) is 7.50. The molecule has 4 atom stereocenters. The second kappa shape index (κ2) is 6.08. The standard InChI is InChI=1S/C20H25NO3/c1-10(2)16-14-5-6-15(16)18(20(23)24)17(14)19(22)21-13-8-11(3)7-12(4)9-13/h7-9,14-15,17-18H,5-6H2,1-4H3,(H,21,22)(H,23,24)/t14-,15-,17+,18-/m1/s1. The zero-order chi connectivity index (χ0) is 17.6. The van der Waals surface area contributed by atoms with Crippen LogP contribution in [0.25, 0.3) is 0 Å². The Morgan fingerprint density at radius 3 is 2.04 bits per heavy atom. The van der Waals surface area contributed by atoms with Crippen molar-refractivity contribution in [1.82, 2.24) is 0 Å². The summed E-state index contributed by atoms with van der Waals surface area (Å²) in [7, 11) is 0. The Hall–Kier alpha value is -2.10. The van der Waals surface area contributed by atoms with Crippen molar-refractivity contribution in [2.24, 2.45) is 23.7 Å². The largest absolute Gasteiger partial charge is 0.481 e. The molecule has 0 unspecified atom stereocenters. The number of benzene rings is 1. The van der Waals surface area contributed by atoms with E-state index in [9.17, 15) is 14.7 Å². The van der Waals surface area contributed by atoms with Crippen LogP contribution in [0.3, 0.4) is 0 Å². The van der Waals surface area contributed by atoms with Crippen LogP contribution in [0.4, 0.5) is 5.69 Å². The number of aliphatic carboxylic acids is 1. The van der Waals surface area contributed by atoms with E-state index in [1.54, 1.807) is 0 Å². The summed E-state index contributed by atoms with van der Waals surface area (Å²) < 4.78 is 0. The zero-order valence-electron chi connectivity index (χ0n) is 14.7. The summed E-state index contributed by atoms with van der Waals surface area (Å²) in [6, 6.07) is 5.90. The molecule has 0 aliphatic heterocycles. The second-order valence-electron chi connectivity index (χ2n) is 7.50. The monoisotopic (exact) mass is 327 g/mol. The van der Waals surface area contributed by atoms with Gasteiger partial charge in [0.15, 0.2) is 0 Å². The predicted molar refractivity (Wildman–Crippen MR) is 93.7 cm³/mol. The molecule has 2 aliphatic rings. The number of fused-ring (bicyclic) bond motifs is 2. The lowest BCUT2D eigenvalue weighted by Gasteiger charge is -2.26. The summed E-state index contributed by atoms with van der Waals surface area (Å²) >= 11 is 0. The number of allylic oxidation sites excluding steroid dienone is 2. The zero-order valence-corrected chi connectivity index (χ0v) is 14.7. The fraction of sp³-hybridized carbons (Fsp3) is 0.500. The van der Waals surface area contributed by atoms with Gasteiger partial charge >= 0.3 is 5.97 Å².